The van der Waals surface area contributed by atoms with Crippen molar-refractivity contribution in [3.05, 3.63) is 131 Å². The van der Waals surface area contributed by atoms with E-state index >= 15 is 0 Å². The van der Waals surface area contributed by atoms with Crippen molar-refractivity contribution in [2.45, 2.75) is 142 Å². The van der Waals surface area contributed by atoms with Crippen LogP contribution in [0, 0.1) is 5.92 Å². The van der Waals surface area contributed by atoms with Crippen LogP contribution in [0.15, 0.2) is 103 Å². The molecule has 0 unspecified atom stereocenters. The molecule has 9 nitrogen and oxygen atoms in total. The molecule has 0 saturated carbocycles. The minimum Gasteiger partial charge on any atom is -0.467 e. The fourth-order valence-electron chi connectivity index (χ4n) is 8.38. The Kier molecular flexibility index (Phi) is 21.0. The number of hydrogen-bond donors (Lipinski definition) is 3. The summed E-state index contributed by atoms with van der Waals surface area (Å²) in [6.07, 6.45) is 15.0. The molecule has 1 fully saturated rings. The second kappa shape index (κ2) is 26.8. The van der Waals surface area contributed by atoms with E-state index in [9.17, 15) is 14.7 Å². The highest BCUT2D eigenvalue weighted by atomic mass is 16.7. The zero-order valence-electron chi connectivity index (χ0n) is 37.9. The van der Waals surface area contributed by atoms with Crippen molar-refractivity contribution in [2.24, 2.45) is 5.92 Å². The number of methoxy groups -OCH3 is 1. The summed E-state index contributed by atoms with van der Waals surface area (Å²) in [4.78, 5) is 28.1. The molecule has 1 aliphatic heterocycles. The van der Waals surface area contributed by atoms with Crippen molar-refractivity contribution in [1.29, 1.82) is 0 Å². The van der Waals surface area contributed by atoms with Gasteiger partial charge in [-0.15, -0.1) is 0 Å². The zero-order valence-corrected chi connectivity index (χ0v) is 37.9. The molecule has 3 N–H and O–H groups in total. The molecule has 0 spiro atoms. The number of aliphatic hydroxyl groups excluding tert-OH is 1. The Hall–Kier alpha value is -4.54. The van der Waals surface area contributed by atoms with Gasteiger partial charge in [-0.25, -0.2) is 9.59 Å². The Morgan fingerprint density at radius 3 is 1.94 bits per heavy atom. The van der Waals surface area contributed by atoms with Crippen LogP contribution in [0.2, 0.25) is 0 Å². The van der Waals surface area contributed by atoms with E-state index in [4.69, 9.17) is 14.2 Å². The van der Waals surface area contributed by atoms with Crippen LogP contribution in [0.1, 0.15) is 138 Å². The number of rotatable bonds is 26. The first kappa shape index (κ1) is 48.5. The summed E-state index contributed by atoms with van der Waals surface area (Å²) in [5, 5.41) is 15.4. The summed E-state index contributed by atoms with van der Waals surface area (Å²) >= 11 is 0. The molecule has 62 heavy (non-hydrogen) atoms. The lowest BCUT2D eigenvalue weighted by Gasteiger charge is -2.43. The first-order chi connectivity index (χ1) is 30.3. The molecule has 4 aromatic carbocycles. The number of nitrogens with zero attached hydrogens (tertiary/aromatic N) is 1. The maximum absolute atomic E-state index is 12.9. The van der Waals surface area contributed by atoms with Crippen LogP contribution in [0.5, 0.6) is 0 Å². The second-order valence-electron chi connectivity index (χ2n) is 17.1. The number of esters is 1. The van der Waals surface area contributed by atoms with Crippen molar-refractivity contribution in [2.75, 3.05) is 26.7 Å². The Bertz CT molecular complexity index is 1850. The van der Waals surface area contributed by atoms with E-state index in [1.165, 1.54) is 84.2 Å². The van der Waals surface area contributed by atoms with Crippen LogP contribution in [0.3, 0.4) is 0 Å². The van der Waals surface area contributed by atoms with E-state index in [-0.39, 0.29) is 31.3 Å². The summed E-state index contributed by atoms with van der Waals surface area (Å²) in [5.41, 5.74) is 6.86. The molecule has 5 atom stereocenters. The van der Waals surface area contributed by atoms with Gasteiger partial charge in [0.05, 0.1) is 25.9 Å². The molecule has 5 rings (SSSR count). The van der Waals surface area contributed by atoms with E-state index in [1.807, 2.05) is 54.6 Å². The number of hydrogen-bond acceptors (Lipinski definition) is 7. The van der Waals surface area contributed by atoms with Crippen LogP contribution in [-0.2, 0) is 38.6 Å². The minimum atomic E-state index is -0.806. The molecule has 1 aliphatic rings. The molecule has 0 aliphatic carbocycles. The molecule has 4 aromatic rings. The minimum absolute atomic E-state index is 0.00925. The van der Waals surface area contributed by atoms with Gasteiger partial charge in [0, 0.05) is 31.0 Å². The molecule has 9 heteroatoms. The van der Waals surface area contributed by atoms with Crippen LogP contribution in [0.25, 0.3) is 11.1 Å². The van der Waals surface area contributed by atoms with Crippen molar-refractivity contribution < 1.29 is 28.9 Å². The van der Waals surface area contributed by atoms with Crippen molar-refractivity contribution in [3.8, 4) is 11.1 Å². The van der Waals surface area contributed by atoms with Gasteiger partial charge in [-0.1, -0.05) is 182 Å². The second-order valence-corrected chi connectivity index (χ2v) is 17.1. The first-order valence-electron chi connectivity index (χ1n) is 23.4. The van der Waals surface area contributed by atoms with E-state index < -0.39 is 24.3 Å². The van der Waals surface area contributed by atoms with Crippen LogP contribution in [-0.4, -0.2) is 60.9 Å². The van der Waals surface area contributed by atoms with Crippen LogP contribution in [0.4, 0.5) is 4.79 Å². The summed E-state index contributed by atoms with van der Waals surface area (Å²) in [7, 11) is 1.32. The molecule has 0 aromatic heterocycles. The average Bonchev–Trinajstić information content (AvgIpc) is 3.31. The number of aliphatic hydroxyl groups is 1. The monoisotopic (exact) mass is 848 g/mol. The van der Waals surface area contributed by atoms with Gasteiger partial charge < -0.3 is 34.9 Å². The highest BCUT2D eigenvalue weighted by Gasteiger charge is 2.39. The van der Waals surface area contributed by atoms with E-state index in [1.54, 1.807) is 0 Å². The van der Waals surface area contributed by atoms with Crippen molar-refractivity contribution in [3.63, 3.8) is 0 Å². The van der Waals surface area contributed by atoms with Gasteiger partial charge >= 0.3 is 12.0 Å². The lowest BCUT2D eigenvalue weighted by atomic mass is 9.89. The normalized spacial score (nSPS) is 18.0. The fourth-order valence-corrected chi connectivity index (χ4v) is 8.38. The third kappa shape index (κ3) is 15.7. The Labute approximate surface area is 371 Å². The topological polar surface area (TPSA) is 109 Å². The smallest absolute Gasteiger partial charge is 0.328 e. The molecule has 336 valence electrons. The molecular formula is C53H73N3O6. The van der Waals surface area contributed by atoms with Gasteiger partial charge in [0.25, 0.3) is 0 Å². The fraction of sp³-hybridized carbons (Fsp3) is 0.509. The highest BCUT2D eigenvalue weighted by Crippen LogP contribution is 2.42. The van der Waals surface area contributed by atoms with Gasteiger partial charge in [0.1, 0.15) is 6.04 Å². The standard InChI is InChI=1S/C53H73N3O6/c1-5-7-9-11-13-18-33-56(34-19-14-12-10-8-6-2)38-49-40(3)50(45-27-25-42(39-57)26-28-45)62-52(61-49)46-31-29-44(30-32-46)47-24-20-23-43(35-47)37-54-53(59)55-48(51(58)60-4)36-41-21-16-15-17-22-41/h15-17,20-32,35,40,48-50,52,57H,5-14,18-19,33-34,36-39H2,1-4H3,(H2,54,55,59)/t40-,48-,49+,50+,52+/m0/s1. The summed E-state index contributed by atoms with van der Waals surface area (Å²) in [5.74, 6) is -0.375. The largest absolute Gasteiger partial charge is 0.467 e. The number of urea groups is 1. The third-order valence-corrected chi connectivity index (χ3v) is 12.2. The number of unbranched alkanes of at least 4 members (excludes halogenated alkanes) is 10. The number of amides is 2. The SMILES string of the molecule is CCCCCCCCN(CCCCCCCC)C[C@H]1O[C@@H](c2ccc(-c3cccc(CNC(=O)N[C@@H](Cc4ccccc4)C(=O)OC)c3)cc2)O[C@@H](c2ccc(CO)cc2)[C@H]1C. The van der Waals surface area contributed by atoms with E-state index in [0.717, 1.165) is 58.6 Å². The number of carbonyl (C=O) groups excluding carboxylic acids is 2. The highest BCUT2D eigenvalue weighted by molar-refractivity contribution is 5.83. The molecule has 1 saturated heterocycles. The van der Waals surface area contributed by atoms with Crippen molar-refractivity contribution in [1.82, 2.24) is 15.5 Å². The Morgan fingerprint density at radius 1 is 0.694 bits per heavy atom. The zero-order chi connectivity index (χ0) is 43.9. The van der Waals surface area contributed by atoms with Gasteiger partial charge in [0.15, 0.2) is 6.29 Å². The Balaban J connectivity index is 1.26. The molecule has 1 heterocycles. The van der Waals surface area contributed by atoms with Gasteiger partial charge in [-0.05, 0) is 65.4 Å². The van der Waals surface area contributed by atoms with E-state index in [2.05, 4.69) is 84.8 Å². The maximum atomic E-state index is 12.9. The van der Waals surface area contributed by atoms with Crippen LogP contribution < -0.4 is 10.6 Å². The molecular weight excluding hydrogens is 775 g/mol. The Morgan fingerprint density at radius 2 is 1.31 bits per heavy atom. The van der Waals surface area contributed by atoms with Crippen LogP contribution >= 0.6 is 0 Å². The number of benzene rings is 4. The average molecular weight is 848 g/mol. The first-order valence-corrected chi connectivity index (χ1v) is 23.4. The molecule has 0 bridgehead atoms. The third-order valence-electron chi connectivity index (χ3n) is 12.2. The lowest BCUT2D eigenvalue weighted by molar-refractivity contribution is -0.276. The van der Waals surface area contributed by atoms with Gasteiger partial charge in [0.2, 0.25) is 0 Å². The predicted molar refractivity (Wildman–Crippen MR) is 249 cm³/mol. The number of nitrogens with one attached hydrogen (secondary N) is 2. The quantitative estimate of drug-likeness (QED) is 0.0426. The summed E-state index contributed by atoms with van der Waals surface area (Å²) in [6, 6.07) is 32.9. The van der Waals surface area contributed by atoms with E-state index in [0.29, 0.717) is 6.42 Å². The van der Waals surface area contributed by atoms with Crippen molar-refractivity contribution >= 4 is 12.0 Å². The van der Waals surface area contributed by atoms with Gasteiger partial charge in [-0.2, -0.15) is 0 Å². The summed E-state index contributed by atoms with van der Waals surface area (Å²) < 4.78 is 18.8. The molecule has 0 radical (unpaired) electrons. The lowest BCUT2D eigenvalue weighted by Crippen LogP contribution is -2.47. The van der Waals surface area contributed by atoms with Gasteiger partial charge in [-0.3, -0.25) is 0 Å². The summed E-state index contributed by atoms with van der Waals surface area (Å²) in [6.45, 7) is 10.1. The number of ether oxygens (including phenoxy) is 3. The number of carbonyl (C=O) groups is 2. The molecule has 2 amide bonds. The maximum Gasteiger partial charge on any atom is 0.328 e. The predicted octanol–water partition coefficient (Wildman–Crippen LogP) is 11.2.